The van der Waals surface area contributed by atoms with Crippen molar-refractivity contribution >= 4 is 66.7 Å². The first kappa shape index (κ1) is 28.6. The molecule has 0 radical (unpaired) electrons. The highest BCUT2D eigenvalue weighted by Crippen LogP contribution is 2.35. The fraction of sp³-hybridized carbons (Fsp3) is 0.276. The monoisotopic (exact) mass is 628 g/mol. The highest BCUT2D eigenvalue weighted by Gasteiger charge is 2.31. The number of aryl methyl sites for hydroxylation is 5. The van der Waals surface area contributed by atoms with E-state index < -0.39 is 17.8 Å². The third-order valence-electron chi connectivity index (χ3n) is 6.07. The van der Waals surface area contributed by atoms with Crippen LogP contribution in [-0.2, 0) is 9.53 Å². The molecule has 0 saturated heterocycles. The zero-order valence-electron chi connectivity index (χ0n) is 22.0. The van der Waals surface area contributed by atoms with Crippen molar-refractivity contribution in [3.05, 3.63) is 84.3 Å². The Morgan fingerprint density at radius 3 is 1.81 bits per heavy atom. The minimum Gasteiger partial charge on any atom is -0.462 e. The van der Waals surface area contributed by atoms with E-state index in [-0.39, 0.29) is 17.7 Å². The van der Waals surface area contributed by atoms with Crippen molar-refractivity contribution < 1.29 is 19.1 Å². The summed E-state index contributed by atoms with van der Waals surface area (Å²) in [5, 5.41) is 3.39. The lowest BCUT2D eigenvalue weighted by molar-refractivity contribution is -0.116. The summed E-state index contributed by atoms with van der Waals surface area (Å²) in [7, 11) is 0. The molecule has 8 heteroatoms. The molecular formula is C29H30Br2N2O4. The molecule has 0 heterocycles. The van der Waals surface area contributed by atoms with E-state index in [0.717, 1.165) is 47.3 Å². The largest absolute Gasteiger partial charge is 0.462 e. The Labute approximate surface area is 234 Å². The minimum absolute atomic E-state index is 0.0795. The van der Waals surface area contributed by atoms with Gasteiger partial charge >= 0.3 is 5.97 Å². The molecule has 2 amide bonds. The summed E-state index contributed by atoms with van der Waals surface area (Å²) in [5.41, 5.74) is 6.13. The number of benzene rings is 3. The smallest absolute Gasteiger partial charge is 0.341 e. The third-order valence-corrected chi connectivity index (χ3v) is 6.98. The zero-order valence-corrected chi connectivity index (χ0v) is 25.2. The fourth-order valence-electron chi connectivity index (χ4n) is 4.47. The molecule has 0 aromatic heterocycles. The highest BCUT2D eigenvalue weighted by molar-refractivity contribution is 9.10. The molecule has 0 spiro atoms. The summed E-state index contributed by atoms with van der Waals surface area (Å²) >= 11 is 6.98. The van der Waals surface area contributed by atoms with Crippen LogP contribution < -0.4 is 10.2 Å². The molecule has 6 nitrogen and oxygen atoms in total. The van der Waals surface area contributed by atoms with Gasteiger partial charge in [-0.15, -0.1) is 0 Å². The van der Waals surface area contributed by atoms with Gasteiger partial charge in [0.05, 0.1) is 29.1 Å². The first-order chi connectivity index (χ1) is 17.4. The molecule has 1 N–H and O–H groups in total. The van der Waals surface area contributed by atoms with Gasteiger partial charge in [0.1, 0.15) is 0 Å². The van der Waals surface area contributed by atoms with Gasteiger partial charge in [-0.3, -0.25) is 9.59 Å². The first-order valence-electron chi connectivity index (χ1n) is 11.8. The minimum atomic E-state index is -0.641. The van der Waals surface area contributed by atoms with E-state index in [1.807, 2.05) is 58.9 Å². The van der Waals surface area contributed by atoms with Crippen LogP contribution in [0.3, 0.4) is 0 Å². The number of halogens is 2. The number of imide groups is 1. The van der Waals surface area contributed by atoms with Crippen LogP contribution in [0.4, 0.5) is 17.1 Å². The van der Waals surface area contributed by atoms with Crippen LogP contribution in [0.1, 0.15) is 62.4 Å². The molecule has 3 aromatic carbocycles. The Balaban J connectivity index is 2.27. The van der Waals surface area contributed by atoms with Gasteiger partial charge in [-0.1, -0.05) is 37.9 Å². The maximum absolute atomic E-state index is 14.1. The molecule has 0 aliphatic rings. The Morgan fingerprint density at radius 1 is 0.811 bits per heavy atom. The van der Waals surface area contributed by atoms with Gasteiger partial charge in [0.2, 0.25) is 5.91 Å². The van der Waals surface area contributed by atoms with Crippen LogP contribution in [0.2, 0.25) is 0 Å². The molecule has 3 aromatic rings. The molecule has 0 bridgehead atoms. The van der Waals surface area contributed by atoms with Gasteiger partial charge in [-0.05, 0) is 99.7 Å². The average Bonchev–Trinajstić information content (AvgIpc) is 2.78. The molecule has 194 valence electrons. The maximum atomic E-state index is 14.1. The van der Waals surface area contributed by atoms with Crippen LogP contribution in [0, 0.1) is 34.6 Å². The van der Waals surface area contributed by atoms with E-state index in [2.05, 4.69) is 37.2 Å². The third kappa shape index (κ3) is 5.96. The average molecular weight is 630 g/mol. The summed E-state index contributed by atoms with van der Waals surface area (Å²) in [6.45, 7) is 12.6. The van der Waals surface area contributed by atoms with Crippen molar-refractivity contribution in [2.45, 2.75) is 48.5 Å². The normalized spacial score (nSPS) is 10.7. The van der Waals surface area contributed by atoms with Gasteiger partial charge in [0.25, 0.3) is 5.91 Å². The lowest BCUT2D eigenvalue weighted by Crippen LogP contribution is -2.37. The molecule has 0 fully saturated rings. The number of carbonyl (C=O) groups is 3. The molecular weight excluding hydrogens is 600 g/mol. The number of anilines is 3. The number of nitrogens with zero attached hydrogens (tertiary/aromatic N) is 1. The SMILES string of the molecule is CCOC(=O)c1c(C(=O)N(C(C)=O)c2c(C)cc(Br)cc2C)ccc(C)c1Nc1c(C)cc(Br)cc1C. The number of hydrogen-bond acceptors (Lipinski definition) is 5. The second-order valence-corrected chi connectivity index (χ2v) is 10.8. The van der Waals surface area contributed by atoms with Crippen LogP contribution in [0.5, 0.6) is 0 Å². The Bertz CT molecular complexity index is 1370. The number of amides is 2. The topological polar surface area (TPSA) is 75.7 Å². The van der Waals surface area contributed by atoms with Crippen molar-refractivity contribution in [3.63, 3.8) is 0 Å². The van der Waals surface area contributed by atoms with Crippen molar-refractivity contribution in [3.8, 4) is 0 Å². The van der Waals surface area contributed by atoms with Crippen LogP contribution >= 0.6 is 31.9 Å². The van der Waals surface area contributed by atoms with E-state index >= 15 is 0 Å². The fourth-order valence-corrected chi connectivity index (χ4v) is 5.85. The molecule has 0 aliphatic heterocycles. The second kappa shape index (κ2) is 11.6. The Morgan fingerprint density at radius 2 is 1.32 bits per heavy atom. The number of hydrogen-bond donors (Lipinski definition) is 1. The van der Waals surface area contributed by atoms with E-state index in [9.17, 15) is 14.4 Å². The number of carbonyl (C=O) groups excluding carboxylic acids is 3. The standard InChI is InChI=1S/C29H30Br2N2O4/c1-8-37-29(36)24-23(28(35)33(20(7)34)27-18(5)13-22(31)14-19(27)6)10-9-15(2)26(24)32-25-16(3)11-21(30)12-17(25)4/h9-14,32H,8H2,1-7H3. The van der Waals surface area contributed by atoms with Crippen LogP contribution in [0.15, 0.2) is 45.3 Å². The number of nitrogens with one attached hydrogen (secondary N) is 1. The molecule has 0 aliphatic carbocycles. The predicted octanol–water partition coefficient (Wildman–Crippen LogP) is 7.87. The number of esters is 1. The molecule has 0 unspecified atom stereocenters. The molecule has 37 heavy (non-hydrogen) atoms. The van der Waals surface area contributed by atoms with E-state index in [4.69, 9.17) is 4.74 Å². The van der Waals surface area contributed by atoms with Gasteiger partial charge in [-0.25, -0.2) is 9.69 Å². The lowest BCUT2D eigenvalue weighted by Gasteiger charge is -2.26. The summed E-state index contributed by atoms with van der Waals surface area (Å²) in [5.74, 6) is -1.70. The van der Waals surface area contributed by atoms with Crippen molar-refractivity contribution in [1.29, 1.82) is 0 Å². The van der Waals surface area contributed by atoms with Crippen molar-refractivity contribution in [2.75, 3.05) is 16.8 Å². The summed E-state index contributed by atoms with van der Waals surface area (Å²) < 4.78 is 7.18. The quantitative estimate of drug-likeness (QED) is 0.281. The van der Waals surface area contributed by atoms with E-state index in [1.165, 1.54) is 6.92 Å². The molecule has 0 saturated carbocycles. The predicted molar refractivity (Wildman–Crippen MR) is 155 cm³/mol. The van der Waals surface area contributed by atoms with Crippen LogP contribution in [0.25, 0.3) is 0 Å². The highest BCUT2D eigenvalue weighted by atomic mass is 79.9. The Hall–Kier alpha value is -2.97. The molecule has 3 rings (SSSR count). The first-order valence-corrected chi connectivity index (χ1v) is 13.4. The van der Waals surface area contributed by atoms with Crippen molar-refractivity contribution in [2.24, 2.45) is 0 Å². The van der Waals surface area contributed by atoms with Gasteiger partial charge < -0.3 is 10.1 Å². The van der Waals surface area contributed by atoms with Crippen molar-refractivity contribution in [1.82, 2.24) is 0 Å². The van der Waals surface area contributed by atoms with E-state index in [1.54, 1.807) is 19.1 Å². The second-order valence-electron chi connectivity index (χ2n) is 8.99. The van der Waals surface area contributed by atoms with Crippen LogP contribution in [-0.4, -0.2) is 24.4 Å². The lowest BCUT2D eigenvalue weighted by atomic mass is 9.98. The van der Waals surface area contributed by atoms with E-state index in [0.29, 0.717) is 11.4 Å². The maximum Gasteiger partial charge on any atom is 0.341 e. The molecule has 0 atom stereocenters. The number of rotatable bonds is 6. The van der Waals surface area contributed by atoms with Gasteiger partial charge in [0, 0.05) is 21.6 Å². The Kier molecular flexibility index (Phi) is 8.97. The van der Waals surface area contributed by atoms with Gasteiger partial charge in [0.15, 0.2) is 0 Å². The summed E-state index contributed by atoms with van der Waals surface area (Å²) in [4.78, 5) is 41.4. The summed E-state index contributed by atoms with van der Waals surface area (Å²) in [6.07, 6.45) is 0. The zero-order chi connectivity index (χ0) is 27.6. The summed E-state index contributed by atoms with van der Waals surface area (Å²) in [6, 6.07) is 11.0. The number of ether oxygens (including phenoxy) is 1. The van der Waals surface area contributed by atoms with Gasteiger partial charge in [-0.2, -0.15) is 0 Å².